The van der Waals surface area contributed by atoms with Gasteiger partial charge in [-0.05, 0) is 40.0 Å². The summed E-state index contributed by atoms with van der Waals surface area (Å²) in [5, 5.41) is 2.50. The van der Waals surface area contributed by atoms with Crippen LogP contribution in [0.2, 0.25) is 0 Å². The molecule has 0 saturated carbocycles. The number of anilines is 2. The SMILES string of the molecule is CN1C=CC(c2ccccc2)=c2ccc3c(c21)N(C)C(c1ccccc1)=CC=3c1ccccc1. The summed E-state index contributed by atoms with van der Waals surface area (Å²) in [6.07, 6.45) is 6.74. The van der Waals surface area contributed by atoms with Crippen molar-refractivity contribution in [2.24, 2.45) is 0 Å². The molecular weight excluding hydrogens is 412 g/mol. The van der Waals surface area contributed by atoms with Crippen molar-refractivity contribution < 1.29 is 0 Å². The molecular formula is C32H26N2. The Labute approximate surface area is 200 Å². The van der Waals surface area contributed by atoms with Gasteiger partial charge in [-0.1, -0.05) is 103 Å². The van der Waals surface area contributed by atoms with Crippen molar-refractivity contribution in [3.05, 3.63) is 149 Å². The zero-order valence-corrected chi connectivity index (χ0v) is 19.4. The summed E-state index contributed by atoms with van der Waals surface area (Å²) < 4.78 is 0. The van der Waals surface area contributed by atoms with Crippen molar-refractivity contribution in [3.8, 4) is 0 Å². The normalized spacial score (nSPS) is 14.6. The highest BCUT2D eigenvalue weighted by molar-refractivity contribution is 5.99. The molecule has 4 aromatic carbocycles. The molecule has 0 radical (unpaired) electrons. The lowest BCUT2D eigenvalue weighted by Gasteiger charge is -2.34. The first-order valence-corrected chi connectivity index (χ1v) is 11.7. The smallest absolute Gasteiger partial charge is 0.0735 e. The molecule has 0 spiro atoms. The topological polar surface area (TPSA) is 6.48 Å². The van der Waals surface area contributed by atoms with E-state index in [1.165, 1.54) is 55.3 Å². The van der Waals surface area contributed by atoms with Crippen LogP contribution in [0.15, 0.2) is 121 Å². The number of nitrogens with zero attached hydrogens (tertiary/aromatic N) is 2. The molecule has 0 bridgehead atoms. The fourth-order valence-corrected chi connectivity index (χ4v) is 5.11. The fourth-order valence-electron chi connectivity index (χ4n) is 5.11. The Morgan fingerprint density at radius 2 is 1.00 bits per heavy atom. The Morgan fingerprint density at radius 3 is 1.59 bits per heavy atom. The van der Waals surface area contributed by atoms with Gasteiger partial charge in [0, 0.05) is 36.4 Å². The maximum atomic E-state index is 2.36. The highest BCUT2D eigenvalue weighted by atomic mass is 15.2. The van der Waals surface area contributed by atoms with Crippen LogP contribution < -0.4 is 20.2 Å². The molecule has 2 heterocycles. The van der Waals surface area contributed by atoms with Crippen LogP contribution in [0, 0.1) is 0 Å². The van der Waals surface area contributed by atoms with Crippen molar-refractivity contribution >= 4 is 28.2 Å². The molecule has 0 saturated heterocycles. The first kappa shape index (κ1) is 20.3. The van der Waals surface area contributed by atoms with E-state index in [0.29, 0.717) is 0 Å². The Kier molecular flexibility index (Phi) is 4.92. The summed E-state index contributed by atoms with van der Waals surface area (Å²) in [4.78, 5) is 4.61. The van der Waals surface area contributed by atoms with E-state index in [1.54, 1.807) is 0 Å². The summed E-state index contributed by atoms with van der Waals surface area (Å²) in [7, 11) is 4.34. The van der Waals surface area contributed by atoms with Gasteiger partial charge in [-0.2, -0.15) is 0 Å². The summed E-state index contributed by atoms with van der Waals surface area (Å²) in [6.45, 7) is 0. The van der Waals surface area contributed by atoms with E-state index in [2.05, 4.69) is 145 Å². The third kappa shape index (κ3) is 3.27. The van der Waals surface area contributed by atoms with Crippen LogP contribution in [0.3, 0.4) is 0 Å². The van der Waals surface area contributed by atoms with E-state index >= 15 is 0 Å². The Bertz CT molecular complexity index is 1550. The Morgan fingerprint density at radius 1 is 0.500 bits per heavy atom. The number of hydrogen-bond acceptors (Lipinski definition) is 2. The molecule has 0 N–H and O–H groups in total. The largest absolute Gasteiger partial charge is 0.349 e. The average Bonchev–Trinajstić information content (AvgIpc) is 2.90. The average molecular weight is 439 g/mol. The standard InChI is InChI=1S/C32H26N2/c1-33-21-20-26(23-12-6-3-7-13-23)27-18-19-28-29(24-14-8-4-9-15-24)22-30(25-16-10-5-11-17-25)34(2)32(28)31(27)33/h3-22H,1-2H3. The summed E-state index contributed by atoms with van der Waals surface area (Å²) in [5.41, 5.74) is 9.84. The lowest BCUT2D eigenvalue weighted by molar-refractivity contribution is 1.12. The summed E-state index contributed by atoms with van der Waals surface area (Å²) in [5.74, 6) is 0. The highest BCUT2D eigenvalue weighted by Gasteiger charge is 2.25. The predicted molar refractivity (Wildman–Crippen MR) is 144 cm³/mol. The summed E-state index contributed by atoms with van der Waals surface area (Å²) >= 11 is 0. The van der Waals surface area contributed by atoms with Gasteiger partial charge >= 0.3 is 0 Å². The molecule has 0 aromatic heterocycles. The third-order valence-electron chi connectivity index (χ3n) is 6.77. The molecule has 0 unspecified atom stereocenters. The van der Waals surface area contributed by atoms with Crippen molar-refractivity contribution in [3.63, 3.8) is 0 Å². The lowest BCUT2D eigenvalue weighted by atomic mass is 9.92. The molecule has 2 nitrogen and oxygen atoms in total. The fraction of sp³-hybridized carbons (Fsp3) is 0.0625. The number of fused-ring (bicyclic) bond motifs is 3. The van der Waals surface area contributed by atoms with Gasteiger partial charge in [-0.25, -0.2) is 0 Å². The van der Waals surface area contributed by atoms with Crippen LogP contribution in [-0.2, 0) is 0 Å². The predicted octanol–water partition coefficient (Wildman–Crippen LogP) is 5.54. The molecule has 34 heavy (non-hydrogen) atoms. The lowest BCUT2D eigenvalue weighted by Crippen LogP contribution is -2.35. The van der Waals surface area contributed by atoms with Gasteiger partial charge in [0.05, 0.1) is 11.4 Å². The van der Waals surface area contributed by atoms with Gasteiger partial charge in [0.15, 0.2) is 0 Å². The molecule has 2 aliphatic heterocycles. The van der Waals surface area contributed by atoms with Gasteiger partial charge in [0.1, 0.15) is 0 Å². The van der Waals surface area contributed by atoms with Crippen molar-refractivity contribution in [1.29, 1.82) is 0 Å². The second kappa shape index (κ2) is 8.24. The van der Waals surface area contributed by atoms with Gasteiger partial charge in [0.2, 0.25) is 0 Å². The minimum Gasteiger partial charge on any atom is -0.349 e. The van der Waals surface area contributed by atoms with E-state index in [4.69, 9.17) is 0 Å². The van der Waals surface area contributed by atoms with E-state index < -0.39 is 0 Å². The van der Waals surface area contributed by atoms with Crippen LogP contribution in [0.5, 0.6) is 0 Å². The van der Waals surface area contributed by atoms with Crippen molar-refractivity contribution in [1.82, 2.24) is 0 Å². The first-order chi connectivity index (χ1) is 16.7. The Balaban J connectivity index is 1.72. The van der Waals surface area contributed by atoms with E-state index in [-0.39, 0.29) is 0 Å². The molecule has 4 aromatic rings. The number of hydrogen-bond donors (Lipinski definition) is 0. The van der Waals surface area contributed by atoms with Crippen LogP contribution >= 0.6 is 0 Å². The van der Waals surface area contributed by atoms with Gasteiger partial charge in [-0.3, -0.25) is 0 Å². The Hall–Kier alpha value is -4.30. The minimum absolute atomic E-state index is 1.20. The minimum atomic E-state index is 1.20. The van der Waals surface area contributed by atoms with Crippen LogP contribution in [0.4, 0.5) is 11.4 Å². The molecule has 0 fully saturated rings. The molecule has 0 amide bonds. The molecule has 0 atom stereocenters. The second-order valence-corrected chi connectivity index (χ2v) is 8.80. The van der Waals surface area contributed by atoms with Crippen LogP contribution in [0.25, 0.3) is 16.8 Å². The first-order valence-electron chi connectivity index (χ1n) is 11.7. The quantitative estimate of drug-likeness (QED) is 0.414. The summed E-state index contributed by atoms with van der Waals surface area (Å²) in [6, 6.07) is 36.6. The molecule has 2 aliphatic rings. The van der Waals surface area contributed by atoms with Crippen molar-refractivity contribution in [2.75, 3.05) is 23.9 Å². The maximum absolute atomic E-state index is 2.36. The number of rotatable bonds is 3. The molecule has 2 heteroatoms. The monoisotopic (exact) mass is 438 g/mol. The second-order valence-electron chi connectivity index (χ2n) is 8.80. The van der Waals surface area contributed by atoms with Crippen LogP contribution in [0.1, 0.15) is 16.7 Å². The van der Waals surface area contributed by atoms with E-state index in [0.717, 1.165) is 0 Å². The molecule has 164 valence electrons. The van der Waals surface area contributed by atoms with E-state index in [1.807, 2.05) is 0 Å². The zero-order chi connectivity index (χ0) is 23.1. The molecule has 0 aliphatic carbocycles. The van der Waals surface area contributed by atoms with Crippen molar-refractivity contribution in [2.45, 2.75) is 0 Å². The van der Waals surface area contributed by atoms with Gasteiger partial charge < -0.3 is 9.80 Å². The van der Waals surface area contributed by atoms with Gasteiger partial charge in [0.25, 0.3) is 0 Å². The van der Waals surface area contributed by atoms with E-state index in [9.17, 15) is 0 Å². The zero-order valence-electron chi connectivity index (χ0n) is 19.4. The third-order valence-corrected chi connectivity index (χ3v) is 6.77. The van der Waals surface area contributed by atoms with Gasteiger partial charge in [-0.15, -0.1) is 0 Å². The molecule has 6 rings (SSSR count). The number of benzene rings is 4. The number of allylic oxidation sites excluding steroid dienone is 2. The maximum Gasteiger partial charge on any atom is 0.0735 e. The highest BCUT2D eigenvalue weighted by Crippen LogP contribution is 2.36. The van der Waals surface area contributed by atoms with Crippen LogP contribution in [-0.4, -0.2) is 14.1 Å².